The number of aromatic nitrogens is 1. The van der Waals surface area contributed by atoms with Crippen LogP contribution in [0.1, 0.15) is 31.0 Å². The Morgan fingerprint density at radius 3 is 2.47 bits per heavy atom. The fourth-order valence-electron chi connectivity index (χ4n) is 4.44. The largest absolute Gasteiger partial charge is 0.396 e. The molecule has 0 unspecified atom stereocenters. The van der Waals surface area contributed by atoms with Gasteiger partial charge in [-0.05, 0) is 43.4 Å². The van der Waals surface area contributed by atoms with Crippen molar-refractivity contribution < 1.29 is 9.63 Å². The second-order valence-electron chi connectivity index (χ2n) is 8.70. The summed E-state index contributed by atoms with van der Waals surface area (Å²) in [6.07, 6.45) is 3.77. The number of hydrogen-bond donors (Lipinski definition) is 2. The molecule has 3 heterocycles. The van der Waals surface area contributed by atoms with Crippen LogP contribution in [0.2, 0.25) is 0 Å². The highest BCUT2D eigenvalue weighted by Gasteiger charge is 2.21. The number of aliphatic hydroxyl groups excluding tert-OH is 1. The molecule has 2 aromatic rings. The van der Waals surface area contributed by atoms with Gasteiger partial charge in [0.1, 0.15) is 6.26 Å². The Morgan fingerprint density at radius 1 is 1.09 bits per heavy atom. The quantitative estimate of drug-likeness (QED) is 0.504. The van der Waals surface area contributed by atoms with Gasteiger partial charge in [0.05, 0.1) is 12.2 Å². The van der Waals surface area contributed by atoms with Crippen molar-refractivity contribution in [2.75, 3.05) is 57.3 Å². The van der Waals surface area contributed by atoms with E-state index in [1.54, 1.807) is 6.26 Å². The van der Waals surface area contributed by atoms with E-state index in [0.29, 0.717) is 19.1 Å². The molecule has 2 aliphatic rings. The highest BCUT2D eigenvalue weighted by atomic mass is 16.5. The van der Waals surface area contributed by atoms with E-state index in [2.05, 4.69) is 56.4 Å². The molecule has 0 radical (unpaired) electrons. The van der Waals surface area contributed by atoms with Gasteiger partial charge in [0.25, 0.3) is 0 Å². The molecule has 32 heavy (non-hydrogen) atoms. The lowest BCUT2D eigenvalue weighted by atomic mass is 9.97. The summed E-state index contributed by atoms with van der Waals surface area (Å²) in [5, 5.41) is 16.8. The summed E-state index contributed by atoms with van der Waals surface area (Å²) in [6, 6.07) is 10.7. The molecular weight excluding hydrogens is 404 g/mol. The molecule has 4 rings (SSSR count). The molecule has 0 amide bonds. The molecule has 1 aromatic carbocycles. The third kappa shape index (κ3) is 6.01. The first-order valence-electron chi connectivity index (χ1n) is 11.8. The first kappa shape index (κ1) is 22.6. The van der Waals surface area contributed by atoms with Gasteiger partial charge < -0.3 is 24.7 Å². The van der Waals surface area contributed by atoms with E-state index in [4.69, 9.17) is 9.52 Å². The highest BCUT2D eigenvalue weighted by molar-refractivity contribution is 5.80. The molecule has 2 saturated heterocycles. The van der Waals surface area contributed by atoms with Gasteiger partial charge in [-0.2, -0.15) is 0 Å². The van der Waals surface area contributed by atoms with Gasteiger partial charge in [0.2, 0.25) is 0 Å². The van der Waals surface area contributed by atoms with Crippen molar-refractivity contribution in [2.45, 2.75) is 32.9 Å². The molecule has 0 atom stereocenters. The van der Waals surface area contributed by atoms with Crippen LogP contribution in [-0.2, 0) is 13.1 Å². The molecule has 0 bridgehead atoms. The Hall–Kier alpha value is -2.58. The maximum atomic E-state index is 9.34. The van der Waals surface area contributed by atoms with Crippen molar-refractivity contribution in [3.05, 3.63) is 47.9 Å². The minimum atomic E-state index is 0.315. The van der Waals surface area contributed by atoms with Crippen molar-refractivity contribution >= 4 is 11.6 Å². The predicted molar refractivity (Wildman–Crippen MR) is 127 cm³/mol. The SMILES string of the molecule is CCNC(=NCc1ccc(N2CCC(CO)CC2)cc1)N1CCN(Cc2ccon2)CC1. The number of aliphatic imine (C=N–C) groups is 1. The Bertz CT molecular complexity index is 823. The number of rotatable bonds is 7. The fraction of sp³-hybridized carbons (Fsp3) is 0.583. The van der Waals surface area contributed by atoms with E-state index >= 15 is 0 Å². The third-order valence-electron chi connectivity index (χ3n) is 6.47. The average Bonchev–Trinajstić information content (AvgIpc) is 3.36. The van der Waals surface area contributed by atoms with Crippen LogP contribution < -0.4 is 10.2 Å². The van der Waals surface area contributed by atoms with E-state index in [-0.39, 0.29) is 0 Å². The maximum absolute atomic E-state index is 9.34. The molecular formula is C24H36N6O2. The van der Waals surface area contributed by atoms with Gasteiger partial charge in [0, 0.05) is 70.7 Å². The normalized spacial score (nSPS) is 18.9. The number of anilines is 1. The molecule has 174 valence electrons. The zero-order valence-corrected chi connectivity index (χ0v) is 19.1. The lowest BCUT2D eigenvalue weighted by Gasteiger charge is -2.36. The monoisotopic (exact) mass is 440 g/mol. The van der Waals surface area contributed by atoms with Crippen LogP contribution in [0.5, 0.6) is 0 Å². The van der Waals surface area contributed by atoms with E-state index in [9.17, 15) is 5.11 Å². The average molecular weight is 441 g/mol. The van der Waals surface area contributed by atoms with E-state index < -0.39 is 0 Å². The molecule has 2 aliphatic heterocycles. The number of nitrogens with one attached hydrogen (secondary N) is 1. The second kappa shape index (κ2) is 11.3. The zero-order chi connectivity index (χ0) is 22.2. The number of piperazine rings is 1. The number of nitrogens with zero attached hydrogens (tertiary/aromatic N) is 5. The Labute approximate surface area is 190 Å². The van der Waals surface area contributed by atoms with Gasteiger partial charge in [-0.25, -0.2) is 4.99 Å². The van der Waals surface area contributed by atoms with Crippen LogP contribution >= 0.6 is 0 Å². The van der Waals surface area contributed by atoms with E-state index in [0.717, 1.165) is 76.9 Å². The Balaban J connectivity index is 1.29. The van der Waals surface area contributed by atoms with Gasteiger partial charge in [-0.3, -0.25) is 4.90 Å². The molecule has 2 fully saturated rings. The minimum Gasteiger partial charge on any atom is -0.396 e. The minimum absolute atomic E-state index is 0.315. The molecule has 8 nitrogen and oxygen atoms in total. The Morgan fingerprint density at radius 2 is 1.84 bits per heavy atom. The molecule has 0 spiro atoms. The lowest BCUT2D eigenvalue weighted by Crippen LogP contribution is -2.52. The summed E-state index contributed by atoms with van der Waals surface area (Å²) >= 11 is 0. The highest BCUT2D eigenvalue weighted by Crippen LogP contribution is 2.23. The maximum Gasteiger partial charge on any atom is 0.194 e. The summed E-state index contributed by atoms with van der Waals surface area (Å²) in [4.78, 5) is 12.1. The smallest absolute Gasteiger partial charge is 0.194 e. The van der Waals surface area contributed by atoms with Crippen LogP contribution in [0.3, 0.4) is 0 Å². The second-order valence-corrected chi connectivity index (χ2v) is 8.70. The van der Waals surface area contributed by atoms with Gasteiger partial charge >= 0.3 is 0 Å². The molecule has 1 aromatic heterocycles. The molecule has 8 heteroatoms. The molecule has 0 aliphatic carbocycles. The predicted octanol–water partition coefficient (Wildman–Crippen LogP) is 2.17. The molecule has 0 saturated carbocycles. The summed E-state index contributed by atoms with van der Waals surface area (Å²) < 4.78 is 4.94. The fourth-order valence-corrected chi connectivity index (χ4v) is 4.44. The Kier molecular flexibility index (Phi) is 8.01. The summed E-state index contributed by atoms with van der Waals surface area (Å²) in [5.41, 5.74) is 3.48. The van der Waals surface area contributed by atoms with Crippen LogP contribution in [0.25, 0.3) is 0 Å². The number of hydrogen-bond acceptors (Lipinski definition) is 6. The number of benzene rings is 1. The molecule has 2 N–H and O–H groups in total. The summed E-state index contributed by atoms with van der Waals surface area (Å²) in [7, 11) is 0. The lowest BCUT2D eigenvalue weighted by molar-refractivity contribution is 0.169. The number of aliphatic hydroxyl groups is 1. The van der Waals surface area contributed by atoms with E-state index in [1.165, 1.54) is 11.3 Å². The van der Waals surface area contributed by atoms with Crippen LogP contribution in [0.4, 0.5) is 5.69 Å². The van der Waals surface area contributed by atoms with Crippen LogP contribution in [0, 0.1) is 5.92 Å². The topological polar surface area (TPSA) is 80.4 Å². The van der Waals surface area contributed by atoms with Gasteiger partial charge in [-0.15, -0.1) is 0 Å². The standard InChI is InChI=1S/C24H36N6O2/c1-2-25-24(30-14-12-28(13-15-30)18-22-9-16-32-27-22)26-17-20-3-5-23(6-4-20)29-10-7-21(19-31)8-11-29/h3-6,9,16,21,31H,2,7-8,10-15,17-19H2,1H3,(H,25,26). The van der Waals surface area contributed by atoms with E-state index in [1.807, 2.05) is 6.07 Å². The summed E-state index contributed by atoms with van der Waals surface area (Å²) in [5.74, 6) is 1.46. The first-order chi connectivity index (χ1) is 15.7. The summed E-state index contributed by atoms with van der Waals surface area (Å²) in [6.45, 7) is 10.7. The zero-order valence-electron chi connectivity index (χ0n) is 19.1. The third-order valence-corrected chi connectivity index (χ3v) is 6.47. The van der Waals surface area contributed by atoms with Crippen molar-refractivity contribution in [3.63, 3.8) is 0 Å². The van der Waals surface area contributed by atoms with Crippen molar-refractivity contribution in [3.8, 4) is 0 Å². The van der Waals surface area contributed by atoms with Crippen LogP contribution in [0.15, 0.2) is 46.1 Å². The van der Waals surface area contributed by atoms with Crippen molar-refractivity contribution in [2.24, 2.45) is 10.9 Å². The number of guanidine groups is 1. The van der Waals surface area contributed by atoms with Crippen molar-refractivity contribution in [1.29, 1.82) is 0 Å². The van der Waals surface area contributed by atoms with Crippen LogP contribution in [-0.4, -0.2) is 78.4 Å². The first-order valence-corrected chi connectivity index (χ1v) is 11.8. The van der Waals surface area contributed by atoms with Gasteiger partial charge in [0.15, 0.2) is 5.96 Å². The van der Waals surface area contributed by atoms with Gasteiger partial charge in [-0.1, -0.05) is 17.3 Å². The number of piperidine rings is 1. The van der Waals surface area contributed by atoms with Crippen molar-refractivity contribution in [1.82, 2.24) is 20.3 Å².